The SMILES string of the molecule is CCCCC(O)CCCCCC(C)(C)C(=O)O. The van der Waals surface area contributed by atoms with Crippen LogP contribution in [0.5, 0.6) is 0 Å². The van der Waals surface area contributed by atoms with E-state index in [1.54, 1.807) is 13.8 Å². The Hall–Kier alpha value is -0.570. The molecule has 0 fully saturated rings. The molecular weight excluding hydrogens is 216 g/mol. The average Bonchev–Trinajstić information content (AvgIpc) is 2.25. The first-order valence-electron chi connectivity index (χ1n) is 6.81. The Bertz CT molecular complexity index is 212. The van der Waals surface area contributed by atoms with Crippen LogP contribution in [-0.2, 0) is 4.79 Å². The number of hydrogen-bond donors (Lipinski definition) is 2. The number of carboxylic acids is 1. The molecule has 0 radical (unpaired) electrons. The van der Waals surface area contributed by atoms with E-state index in [1.807, 2.05) is 0 Å². The van der Waals surface area contributed by atoms with E-state index in [2.05, 4.69) is 6.92 Å². The van der Waals surface area contributed by atoms with Crippen molar-refractivity contribution in [1.82, 2.24) is 0 Å². The Morgan fingerprint density at radius 3 is 2.24 bits per heavy atom. The van der Waals surface area contributed by atoms with Crippen LogP contribution < -0.4 is 0 Å². The highest BCUT2D eigenvalue weighted by molar-refractivity contribution is 5.73. The van der Waals surface area contributed by atoms with E-state index in [9.17, 15) is 9.90 Å². The van der Waals surface area contributed by atoms with Gasteiger partial charge >= 0.3 is 5.97 Å². The molecule has 0 saturated heterocycles. The fourth-order valence-corrected chi connectivity index (χ4v) is 1.81. The number of aliphatic carboxylic acids is 1. The maximum absolute atomic E-state index is 10.9. The van der Waals surface area contributed by atoms with Crippen molar-refractivity contribution in [1.29, 1.82) is 0 Å². The van der Waals surface area contributed by atoms with Gasteiger partial charge in [-0.2, -0.15) is 0 Å². The van der Waals surface area contributed by atoms with Gasteiger partial charge in [0.1, 0.15) is 0 Å². The van der Waals surface area contributed by atoms with Gasteiger partial charge in [0.15, 0.2) is 0 Å². The van der Waals surface area contributed by atoms with Crippen molar-refractivity contribution in [2.75, 3.05) is 0 Å². The molecule has 1 atom stereocenters. The van der Waals surface area contributed by atoms with Gasteiger partial charge in [-0.15, -0.1) is 0 Å². The minimum absolute atomic E-state index is 0.164. The highest BCUT2D eigenvalue weighted by atomic mass is 16.4. The van der Waals surface area contributed by atoms with Crippen LogP contribution in [0.25, 0.3) is 0 Å². The molecule has 0 aromatic carbocycles. The molecule has 0 heterocycles. The van der Waals surface area contributed by atoms with Crippen LogP contribution in [0.3, 0.4) is 0 Å². The maximum Gasteiger partial charge on any atom is 0.309 e. The first-order valence-corrected chi connectivity index (χ1v) is 6.81. The molecule has 17 heavy (non-hydrogen) atoms. The Balaban J connectivity index is 3.49. The van der Waals surface area contributed by atoms with Gasteiger partial charge in [0.2, 0.25) is 0 Å². The normalized spacial score (nSPS) is 13.6. The highest BCUT2D eigenvalue weighted by Crippen LogP contribution is 2.24. The summed E-state index contributed by atoms with van der Waals surface area (Å²) in [5, 5.41) is 18.6. The fraction of sp³-hybridized carbons (Fsp3) is 0.929. The summed E-state index contributed by atoms with van der Waals surface area (Å²) in [6.45, 7) is 5.66. The fourth-order valence-electron chi connectivity index (χ4n) is 1.81. The zero-order chi connectivity index (χ0) is 13.3. The van der Waals surface area contributed by atoms with Crippen molar-refractivity contribution >= 4 is 5.97 Å². The molecule has 0 bridgehead atoms. The number of rotatable bonds is 10. The van der Waals surface area contributed by atoms with E-state index in [0.29, 0.717) is 6.42 Å². The van der Waals surface area contributed by atoms with Gasteiger partial charge in [-0.05, 0) is 33.1 Å². The third-order valence-corrected chi connectivity index (χ3v) is 3.31. The third-order valence-electron chi connectivity index (χ3n) is 3.31. The van der Waals surface area contributed by atoms with Gasteiger partial charge < -0.3 is 10.2 Å². The summed E-state index contributed by atoms with van der Waals surface area (Å²) in [5.41, 5.74) is -0.610. The van der Waals surface area contributed by atoms with Gasteiger partial charge in [-0.1, -0.05) is 39.0 Å². The summed E-state index contributed by atoms with van der Waals surface area (Å²) in [6.07, 6.45) is 7.47. The van der Waals surface area contributed by atoms with Crippen LogP contribution in [0.1, 0.15) is 72.1 Å². The third kappa shape index (κ3) is 8.19. The van der Waals surface area contributed by atoms with Crippen molar-refractivity contribution in [3.05, 3.63) is 0 Å². The number of carbonyl (C=O) groups is 1. The molecule has 0 amide bonds. The Morgan fingerprint density at radius 2 is 1.71 bits per heavy atom. The molecule has 3 heteroatoms. The predicted octanol–water partition coefficient (Wildman–Crippen LogP) is 3.60. The number of hydrogen-bond acceptors (Lipinski definition) is 2. The summed E-state index contributed by atoms with van der Waals surface area (Å²) < 4.78 is 0. The van der Waals surface area contributed by atoms with Gasteiger partial charge in [0.25, 0.3) is 0 Å². The average molecular weight is 244 g/mol. The molecule has 2 N–H and O–H groups in total. The zero-order valence-electron chi connectivity index (χ0n) is 11.5. The lowest BCUT2D eigenvalue weighted by molar-refractivity contribution is -0.147. The smallest absolute Gasteiger partial charge is 0.309 e. The number of carboxylic acid groups (broad SMARTS) is 1. The summed E-state index contributed by atoms with van der Waals surface area (Å²) in [5.74, 6) is -0.722. The van der Waals surface area contributed by atoms with E-state index in [0.717, 1.165) is 44.9 Å². The van der Waals surface area contributed by atoms with E-state index in [1.165, 1.54) is 0 Å². The van der Waals surface area contributed by atoms with Crippen LogP contribution in [0.4, 0.5) is 0 Å². The number of unbranched alkanes of at least 4 members (excludes halogenated alkanes) is 3. The first-order chi connectivity index (χ1) is 7.90. The van der Waals surface area contributed by atoms with Crippen LogP contribution in [0.15, 0.2) is 0 Å². The molecule has 3 nitrogen and oxygen atoms in total. The Labute approximate surface area is 105 Å². The van der Waals surface area contributed by atoms with E-state index in [-0.39, 0.29) is 6.10 Å². The highest BCUT2D eigenvalue weighted by Gasteiger charge is 2.25. The van der Waals surface area contributed by atoms with Crippen molar-refractivity contribution in [2.45, 2.75) is 78.2 Å². The lowest BCUT2D eigenvalue weighted by Gasteiger charge is -2.18. The van der Waals surface area contributed by atoms with Crippen molar-refractivity contribution in [3.63, 3.8) is 0 Å². The number of aliphatic hydroxyl groups is 1. The second-order valence-electron chi connectivity index (χ2n) is 5.58. The molecule has 0 aliphatic rings. The minimum atomic E-state index is -0.722. The molecule has 0 aromatic rings. The molecule has 0 rings (SSSR count). The first kappa shape index (κ1) is 16.4. The summed E-state index contributed by atoms with van der Waals surface area (Å²) in [4.78, 5) is 10.9. The van der Waals surface area contributed by atoms with Crippen LogP contribution in [0.2, 0.25) is 0 Å². The molecule has 0 aliphatic heterocycles. The van der Waals surface area contributed by atoms with Gasteiger partial charge in [0, 0.05) is 0 Å². The molecule has 0 aromatic heterocycles. The van der Waals surface area contributed by atoms with Crippen molar-refractivity contribution in [2.24, 2.45) is 5.41 Å². The Kier molecular flexibility index (Phi) is 8.23. The lowest BCUT2D eigenvalue weighted by atomic mass is 9.87. The Morgan fingerprint density at radius 1 is 1.12 bits per heavy atom. The van der Waals surface area contributed by atoms with E-state index < -0.39 is 11.4 Å². The molecule has 1 unspecified atom stereocenters. The number of aliphatic hydroxyl groups excluding tert-OH is 1. The molecule has 0 saturated carbocycles. The summed E-state index contributed by atoms with van der Waals surface area (Å²) >= 11 is 0. The minimum Gasteiger partial charge on any atom is -0.481 e. The largest absolute Gasteiger partial charge is 0.481 e. The maximum atomic E-state index is 10.9. The summed E-state index contributed by atoms with van der Waals surface area (Å²) in [7, 11) is 0. The van der Waals surface area contributed by atoms with Crippen LogP contribution in [-0.4, -0.2) is 22.3 Å². The molecule has 0 aliphatic carbocycles. The molecule has 0 spiro atoms. The molecule has 102 valence electrons. The van der Waals surface area contributed by atoms with Crippen LogP contribution in [0, 0.1) is 5.41 Å². The predicted molar refractivity (Wildman–Crippen MR) is 70.0 cm³/mol. The van der Waals surface area contributed by atoms with Crippen molar-refractivity contribution in [3.8, 4) is 0 Å². The zero-order valence-corrected chi connectivity index (χ0v) is 11.5. The quantitative estimate of drug-likeness (QED) is 0.577. The molecular formula is C14H28O3. The van der Waals surface area contributed by atoms with Gasteiger partial charge in [0.05, 0.1) is 11.5 Å². The van der Waals surface area contributed by atoms with Crippen LogP contribution >= 0.6 is 0 Å². The summed E-state index contributed by atoms with van der Waals surface area (Å²) in [6, 6.07) is 0. The van der Waals surface area contributed by atoms with Gasteiger partial charge in [-0.25, -0.2) is 0 Å². The van der Waals surface area contributed by atoms with Gasteiger partial charge in [-0.3, -0.25) is 4.79 Å². The second-order valence-corrected chi connectivity index (χ2v) is 5.58. The standard InChI is InChI=1S/C14H28O3/c1-4-5-9-12(15)10-7-6-8-11-14(2,3)13(16)17/h12,15H,4-11H2,1-3H3,(H,16,17). The van der Waals surface area contributed by atoms with Crippen molar-refractivity contribution < 1.29 is 15.0 Å². The van der Waals surface area contributed by atoms with E-state index in [4.69, 9.17) is 5.11 Å². The topological polar surface area (TPSA) is 57.5 Å². The monoisotopic (exact) mass is 244 g/mol. The van der Waals surface area contributed by atoms with E-state index >= 15 is 0 Å². The lowest BCUT2D eigenvalue weighted by Crippen LogP contribution is -2.23. The second kappa shape index (κ2) is 8.51.